The topological polar surface area (TPSA) is 64.7 Å². The van der Waals surface area contributed by atoms with Gasteiger partial charge < -0.3 is 5.73 Å². The smallest absolute Gasteiger partial charge is 0.163 e. The minimum Gasteiger partial charge on any atom is -0.330 e. The van der Waals surface area contributed by atoms with Crippen molar-refractivity contribution >= 4 is 0 Å². The molecule has 0 unspecified atom stereocenters. The number of nitrogens with zero attached hydrogens (tertiary/aromatic N) is 3. The Morgan fingerprint density at radius 3 is 2.65 bits per heavy atom. The Hall–Kier alpha value is -1.81. The Balaban J connectivity index is 1.99. The summed E-state index contributed by atoms with van der Waals surface area (Å²) < 4.78 is 0. The number of hydrogen-bond donors (Lipinski definition) is 1. The van der Waals surface area contributed by atoms with Crippen LogP contribution in [-0.4, -0.2) is 21.5 Å². The van der Waals surface area contributed by atoms with Crippen molar-refractivity contribution in [2.75, 3.05) is 6.54 Å². The summed E-state index contributed by atoms with van der Waals surface area (Å²) in [6.07, 6.45) is 5.65. The number of rotatable bonds is 3. The molecule has 1 aliphatic rings. The fraction of sp³-hybridized carbons (Fsp3) is 0.438. The molecular formula is C16H20N4. The van der Waals surface area contributed by atoms with Crippen molar-refractivity contribution in [2.24, 2.45) is 5.73 Å². The van der Waals surface area contributed by atoms with Gasteiger partial charge in [0.2, 0.25) is 0 Å². The van der Waals surface area contributed by atoms with E-state index in [-0.39, 0.29) is 0 Å². The molecule has 1 heterocycles. The van der Waals surface area contributed by atoms with Crippen LogP contribution in [0, 0.1) is 6.92 Å². The molecule has 4 nitrogen and oxygen atoms in total. The number of aryl methyl sites for hydroxylation is 3. The highest BCUT2D eigenvalue weighted by molar-refractivity contribution is 5.57. The number of benzene rings is 1. The summed E-state index contributed by atoms with van der Waals surface area (Å²) in [5.74, 6) is 2.32. The molecule has 2 N–H and O–H groups in total. The standard InChI is InChI=1S/C16H20N4/c1-11-18-15(8-9-17)20-16(19-11)14-7-6-12-4-2-3-5-13(12)10-14/h6-7,10H,2-5,8-9,17H2,1H3. The Morgan fingerprint density at radius 1 is 1.05 bits per heavy atom. The molecule has 0 bridgehead atoms. The average molecular weight is 268 g/mol. The molecule has 104 valence electrons. The van der Waals surface area contributed by atoms with E-state index in [1.807, 2.05) is 6.92 Å². The van der Waals surface area contributed by atoms with Crippen LogP contribution >= 0.6 is 0 Å². The van der Waals surface area contributed by atoms with Crippen molar-refractivity contribution in [1.82, 2.24) is 15.0 Å². The highest BCUT2D eigenvalue weighted by atomic mass is 15.0. The Labute approximate surface area is 119 Å². The third-order valence-electron chi connectivity index (χ3n) is 3.77. The van der Waals surface area contributed by atoms with E-state index < -0.39 is 0 Å². The van der Waals surface area contributed by atoms with E-state index in [9.17, 15) is 0 Å². The van der Waals surface area contributed by atoms with Gasteiger partial charge in [0.1, 0.15) is 11.6 Å². The first-order valence-corrected chi connectivity index (χ1v) is 7.30. The second kappa shape index (κ2) is 5.67. The van der Waals surface area contributed by atoms with Crippen LogP contribution < -0.4 is 5.73 Å². The fourth-order valence-corrected chi connectivity index (χ4v) is 2.78. The van der Waals surface area contributed by atoms with Crippen LogP contribution in [0.4, 0.5) is 0 Å². The molecule has 2 aromatic rings. The predicted octanol–water partition coefficient (Wildman–Crippen LogP) is 2.23. The molecule has 0 radical (unpaired) electrons. The van der Waals surface area contributed by atoms with E-state index in [1.165, 1.54) is 36.8 Å². The molecule has 3 rings (SSSR count). The molecule has 0 fully saturated rings. The van der Waals surface area contributed by atoms with Gasteiger partial charge in [-0.25, -0.2) is 15.0 Å². The van der Waals surface area contributed by atoms with Gasteiger partial charge in [0, 0.05) is 12.0 Å². The lowest BCUT2D eigenvalue weighted by Gasteiger charge is -2.16. The summed E-state index contributed by atoms with van der Waals surface area (Å²) in [7, 11) is 0. The molecule has 0 atom stereocenters. The van der Waals surface area contributed by atoms with Gasteiger partial charge in [-0.2, -0.15) is 0 Å². The summed E-state index contributed by atoms with van der Waals surface area (Å²) in [6, 6.07) is 6.60. The maximum Gasteiger partial charge on any atom is 0.163 e. The van der Waals surface area contributed by atoms with E-state index in [1.54, 1.807) is 0 Å². The van der Waals surface area contributed by atoms with Gasteiger partial charge in [-0.15, -0.1) is 0 Å². The first-order valence-electron chi connectivity index (χ1n) is 7.30. The van der Waals surface area contributed by atoms with Crippen LogP contribution in [0.1, 0.15) is 35.6 Å². The number of fused-ring (bicyclic) bond motifs is 1. The van der Waals surface area contributed by atoms with Crippen molar-refractivity contribution in [1.29, 1.82) is 0 Å². The normalized spacial score (nSPS) is 14.1. The van der Waals surface area contributed by atoms with Gasteiger partial charge in [0.15, 0.2) is 5.82 Å². The summed E-state index contributed by atoms with van der Waals surface area (Å²) in [6.45, 7) is 2.47. The van der Waals surface area contributed by atoms with Gasteiger partial charge >= 0.3 is 0 Å². The molecular weight excluding hydrogens is 248 g/mol. The second-order valence-corrected chi connectivity index (χ2v) is 5.35. The second-order valence-electron chi connectivity index (χ2n) is 5.35. The largest absolute Gasteiger partial charge is 0.330 e. The zero-order valence-electron chi connectivity index (χ0n) is 11.9. The third-order valence-corrected chi connectivity index (χ3v) is 3.77. The van der Waals surface area contributed by atoms with Crippen LogP contribution in [-0.2, 0) is 19.3 Å². The van der Waals surface area contributed by atoms with Crippen LogP contribution in [0.3, 0.4) is 0 Å². The molecule has 0 amide bonds. The summed E-state index contributed by atoms with van der Waals surface area (Å²) in [4.78, 5) is 13.3. The van der Waals surface area contributed by atoms with E-state index in [0.717, 1.165) is 23.0 Å². The number of nitrogens with two attached hydrogens (primary N) is 1. The van der Waals surface area contributed by atoms with Crippen molar-refractivity contribution < 1.29 is 0 Å². The van der Waals surface area contributed by atoms with Gasteiger partial charge in [0.25, 0.3) is 0 Å². The SMILES string of the molecule is Cc1nc(CCN)nc(-c2ccc3c(c2)CCCC3)n1. The average Bonchev–Trinajstić information content (AvgIpc) is 2.46. The first-order chi connectivity index (χ1) is 9.76. The van der Waals surface area contributed by atoms with E-state index in [0.29, 0.717) is 13.0 Å². The monoisotopic (exact) mass is 268 g/mol. The molecule has 0 spiro atoms. The minimum absolute atomic E-state index is 0.563. The van der Waals surface area contributed by atoms with Crippen molar-refractivity contribution in [2.45, 2.75) is 39.0 Å². The molecule has 0 aliphatic heterocycles. The first kappa shape index (κ1) is 13.2. The van der Waals surface area contributed by atoms with E-state index >= 15 is 0 Å². The highest BCUT2D eigenvalue weighted by Crippen LogP contribution is 2.25. The van der Waals surface area contributed by atoms with Crippen molar-refractivity contribution in [3.05, 3.63) is 41.0 Å². The molecule has 1 aromatic carbocycles. The Kier molecular flexibility index (Phi) is 3.74. The molecule has 4 heteroatoms. The zero-order chi connectivity index (χ0) is 13.9. The molecule has 1 aromatic heterocycles. The maximum absolute atomic E-state index is 5.59. The summed E-state index contributed by atoms with van der Waals surface area (Å²) >= 11 is 0. The van der Waals surface area contributed by atoms with E-state index in [4.69, 9.17) is 5.73 Å². The lowest BCUT2D eigenvalue weighted by atomic mass is 9.90. The van der Waals surface area contributed by atoms with Crippen LogP contribution in [0.15, 0.2) is 18.2 Å². The third kappa shape index (κ3) is 2.70. The van der Waals surface area contributed by atoms with Gasteiger partial charge in [0.05, 0.1) is 0 Å². The van der Waals surface area contributed by atoms with Gasteiger partial charge in [-0.3, -0.25) is 0 Å². The molecule has 20 heavy (non-hydrogen) atoms. The zero-order valence-corrected chi connectivity index (χ0v) is 11.9. The molecule has 1 aliphatic carbocycles. The van der Waals surface area contributed by atoms with Crippen molar-refractivity contribution in [3.63, 3.8) is 0 Å². The van der Waals surface area contributed by atoms with Crippen LogP contribution in [0.5, 0.6) is 0 Å². The van der Waals surface area contributed by atoms with Crippen LogP contribution in [0.25, 0.3) is 11.4 Å². The van der Waals surface area contributed by atoms with E-state index in [2.05, 4.69) is 33.2 Å². The maximum atomic E-state index is 5.59. The van der Waals surface area contributed by atoms with Crippen molar-refractivity contribution in [3.8, 4) is 11.4 Å². The Morgan fingerprint density at radius 2 is 1.85 bits per heavy atom. The minimum atomic E-state index is 0.563. The number of hydrogen-bond acceptors (Lipinski definition) is 4. The summed E-state index contributed by atoms with van der Waals surface area (Å²) in [5.41, 5.74) is 9.61. The lowest BCUT2D eigenvalue weighted by molar-refractivity contribution is 0.685. The number of aromatic nitrogens is 3. The fourth-order valence-electron chi connectivity index (χ4n) is 2.78. The lowest BCUT2D eigenvalue weighted by Crippen LogP contribution is -2.09. The van der Waals surface area contributed by atoms with Crippen LogP contribution in [0.2, 0.25) is 0 Å². The Bertz CT molecular complexity index is 622. The highest BCUT2D eigenvalue weighted by Gasteiger charge is 2.12. The quantitative estimate of drug-likeness (QED) is 0.927. The van der Waals surface area contributed by atoms with Gasteiger partial charge in [-0.05, 0) is 56.3 Å². The molecule has 0 saturated heterocycles. The summed E-state index contributed by atoms with van der Waals surface area (Å²) in [5, 5.41) is 0. The van der Waals surface area contributed by atoms with Gasteiger partial charge in [-0.1, -0.05) is 12.1 Å². The predicted molar refractivity (Wildman–Crippen MR) is 79.4 cm³/mol. The molecule has 0 saturated carbocycles.